The van der Waals surface area contributed by atoms with E-state index in [2.05, 4.69) is 46.4 Å². The molecule has 4 rings (SSSR count). The number of nitrogens with one attached hydrogen (secondary N) is 1. The molecule has 2 aromatic rings. The molecule has 2 aliphatic rings. The second-order valence-corrected chi connectivity index (χ2v) is 8.22. The SMILES string of the molecule is Cc1cc(CN2CCN(C(=O)C3CC3)CC2)c(C)c(Nc2nnc(C(C)O)o2)c1. The summed E-state index contributed by atoms with van der Waals surface area (Å²) in [6.45, 7) is 10.0. The van der Waals surface area contributed by atoms with E-state index in [1.54, 1.807) is 6.92 Å². The maximum atomic E-state index is 12.2. The quantitative estimate of drug-likeness (QED) is 0.771. The lowest BCUT2D eigenvalue weighted by atomic mass is 10.0. The van der Waals surface area contributed by atoms with Gasteiger partial charge in [0.25, 0.3) is 0 Å². The molecule has 0 radical (unpaired) electrons. The fourth-order valence-electron chi connectivity index (χ4n) is 3.75. The molecule has 1 saturated carbocycles. The third-order valence-corrected chi connectivity index (χ3v) is 5.70. The van der Waals surface area contributed by atoms with E-state index in [1.807, 2.05) is 4.90 Å². The van der Waals surface area contributed by atoms with Gasteiger partial charge in [-0.2, -0.15) is 0 Å². The average molecular weight is 399 g/mol. The van der Waals surface area contributed by atoms with Crippen LogP contribution in [0.25, 0.3) is 0 Å². The van der Waals surface area contributed by atoms with Gasteiger partial charge in [0.05, 0.1) is 0 Å². The molecule has 1 saturated heterocycles. The van der Waals surface area contributed by atoms with Crippen molar-refractivity contribution < 1.29 is 14.3 Å². The van der Waals surface area contributed by atoms with Crippen LogP contribution in [0, 0.1) is 19.8 Å². The fraction of sp³-hybridized carbons (Fsp3) is 0.571. The zero-order valence-electron chi connectivity index (χ0n) is 17.3. The minimum absolute atomic E-state index is 0.191. The first-order valence-electron chi connectivity index (χ1n) is 10.3. The van der Waals surface area contributed by atoms with Gasteiger partial charge in [-0.05, 0) is 56.4 Å². The van der Waals surface area contributed by atoms with Gasteiger partial charge in [-0.25, -0.2) is 0 Å². The number of aliphatic hydroxyl groups excluding tert-OH is 1. The van der Waals surface area contributed by atoms with Crippen molar-refractivity contribution in [3.8, 4) is 0 Å². The minimum atomic E-state index is -0.794. The normalized spacial score (nSPS) is 18.7. The first-order chi connectivity index (χ1) is 13.9. The highest BCUT2D eigenvalue weighted by Crippen LogP contribution is 2.31. The molecule has 0 spiro atoms. The van der Waals surface area contributed by atoms with E-state index in [9.17, 15) is 9.90 Å². The Balaban J connectivity index is 1.42. The van der Waals surface area contributed by atoms with Crippen molar-refractivity contribution in [2.24, 2.45) is 5.92 Å². The van der Waals surface area contributed by atoms with E-state index in [-0.39, 0.29) is 11.9 Å². The first kappa shape index (κ1) is 19.8. The maximum absolute atomic E-state index is 12.2. The number of carbonyl (C=O) groups is 1. The van der Waals surface area contributed by atoms with E-state index in [4.69, 9.17) is 4.42 Å². The summed E-state index contributed by atoms with van der Waals surface area (Å²) in [4.78, 5) is 16.7. The summed E-state index contributed by atoms with van der Waals surface area (Å²) < 4.78 is 5.46. The Kier molecular flexibility index (Phi) is 5.56. The van der Waals surface area contributed by atoms with E-state index in [1.165, 1.54) is 5.56 Å². The largest absolute Gasteiger partial charge is 0.405 e. The van der Waals surface area contributed by atoms with Crippen LogP contribution in [0.3, 0.4) is 0 Å². The van der Waals surface area contributed by atoms with Crippen molar-refractivity contribution in [3.63, 3.8) is 0 Å². The Morgan fingerprint density at radius 3 is 2.59 bits per heavy atom. The number of aromatic nitrogens is 2. The van der Waals surface area contributed by atoms with Crippen molar-refractivity contribution in [2.75, 3.05) is 31.5 Å². The molecular formula is C21H29N5O3. The van der Waals surface area contributed by atoms with E-state index < -0.39 is 6.10 Å². The number of amides is 1. The van der Waals surface area contributed by atoms with Crippen LogP contribution in [0.1, 0.15) is 48.5 Å². The Labute approximate surface area is 170 Å². The lowest BCUT2D eigenvalue weighted by Gasteiger charge is -2.35. The van der Waals surface area contributed by atoms with E-state index in [0.717, 1.165) is 62.4 Å². The number of piperazine rings is 1. The van der Waals surface area contributed by atoms with Gasteiger partial charge >= 0.3 is 6.01 Å². The summed E-state index contributed by atoms with van der Waals surface area (Å²) in [5.41, 5.74) is 4.43. The van der Waals surface area contributed by atoms with Crippen LogP contribution in [-0.2, 0) is 11.3 Å². The van der Waals surface area contributed by atoms with E-state index >= 15 is 0 Å². The number of rotatable bonds is 6. The molecular weight excluding hydrogens is 370 g/mol. The molecule has 1 aliphatic heterocycles. The highest BCUT2D eigenvalue weighted by Gasteiger charge is 2.34. The molecule has 156 valence electrons. The lowest BCUT2D eigenvalue weighted by Crippen LogP contribution is -2.48. The monoisotopic (exact) mass is 399 g/mol. The number of benzene rings is 1. The van der Waals surface area contributed by atoms with Gasteiger partial charge in [0, 0.05) is 44.3 Å². The third-order valence-electron chi connectivity index (χ3n) is 5.70. The van der Waals surface area contributed by atoms with Crippen LogP contribution in [0.4, 0.5) is 11.7 Å². The second-order valence-electron chi connectivity index (χ2n) is 8.22. The molecule has 8 nitrogen and oxygen atoms in total. The van der Waals surface area contributed by atoms with Crippen molar-refractivity contribution >= 4 is 17.6 Å². The molecule has 2 fully saturated rings. The van der Waals surface area contributed by atoms with Crippen molar-refractivity contribution in [1.82, 2.24) is 20.0 Å². The van der Waals surface area contributed by atoms with Gasteiger partial charge in [-0.3, -0.25) is 9.69 Å². The second kappa shape index (κ2) is 8.12. The van der Waals surface area contributed by atoms with Crippen molar-refractivity contribution in [3.05, 3.63) is 34.7 Å². The number of anilines is 2. The summed E-state index contributed by atoms with van der Waals surface area (Å²) in [5.74, 6) is 0.837. The number of aryl methyl sites for hydroxylation is 1. The smallest absolute Gasteiger partial charge is 0.320 e. The topological polar surface area (TPSA) is 94.7 Å². The van der Waals surface area contributed by atoms with Gasteiger partial charge in [0.2, 0.25) is 11.8 Å². The molecule has 2 N–H and O–H groups in total. The zero-order chi connectivity index (χ0) is 20.5. The van der Waals surface area contributed by atoms with Gasteiger partial charge in [-0.1, -0.05) is 11.2 Å². The molecule has 1 aromatic heterocycles. The summed E-state index contributed by atoms with van der Waals surface area (Å²) in [7, 11) is 0. The summed E-state index contributed by atoms with van der Waals surface area (Å²) in [6, 6.07) is 4.53. The molecule has 1 aliphatic carbocycles. The molecule has 1 aromatic carbocycles. The average Bonchev–Trinajstić information content (AvgIpc) is 3.44. The predicted molar refractivity (Wildman–Crippen MR) is 109 cm³/mol. The summed E-state index contributed by atoms with van der Waals surface area (Å²) in [6.07, 6.45) is 1.34. The van der Waals surface area contributed by atoms with Gasteiger partial charge in [-0.15, -0.1) is 5.10 Å². The van der Waals surface area contributed by atoms with Crippen LogP contribution in [0.15, 0.2) is 16.5 Å². The van der Waals surface area contributed by atoms with Crippen LogP contribution >= 0.6 is 0 Å². The summed E-state index contributed by atoms with van der Waals surface area (Å²) in [5, 5.41) is 20.6. The van der Waals surface area contributed by atoms with Crippen molar-refractivity contribution in [2.45, 2.75) is 46.3 Å². The molecule has 0 bridgehead atoms. The highest BCUT2D eigenvalue weighted by atomic mass is 16.4. The molecule has 2 heterocycles. The van der Waals surface area contributed by atoms with Gasteiger partial charge in [0.1, 0.15) is 6.10 Å². The predicted octanol–water partition coefficient (Wildman–Crippen LogP) is 2.54. The van der Waals surface area contributed by atoms with Crippen LogP contribution in [-0.4, -0.2) is 57.2 Å². The van der Waals surface area contributed by atoms with Gasteiger partial charge in [0.15, 0.2) is 0 Å². The van der Waals surface area contributed by atoms with Crippen LogP contribution in [0.2, 0.25) is 0 Å². The minimum Gasteiger partial charge on any atom is -0.405 e. The molecule has 29 heavy (non-hydrogen) atoms. The molecule has 1 amide bonds. The number of hydrogen-bond donors (Lipinski definition) is 2. The lowest BCUT2D eigenvalue weighted by molar-refractivity contribution is -0.134. The highest BCUT2D eigenvalue weighted by molar-refractivity contribution is 5.81. The number of aliphatic hydroxyl groups is 1. The van der Waals surface area contributed by atoms with Crippen LogP contribution in [0.5, 0.6) is 0 Å². The third kappa shape index (κ3) is 4.59. The maximum Gasteiger partial charge on any atom is 0.320 e. The Morgan fingerprint density at radius 2 is 1.97 bits per heavy atom. The standard InChI is InChI=1S/C21H29N5O3/c1-13-10-17(12-25-6-8-26(9-7-25)20(28)16-4-5-16)14(2)18(11-13)22-21-24-23-19(29-21)15(3)27/h10-11,15-16,27H,4-9,12H2,1-3H3,(H,22,24). The molecule has 1 atom stereocenters. The zero-order valence-corrected chi connectivity index (χ0v) is 17.3. The summed E-state index contributed by atoms with van der Waals surface area (Å²) >= 11 is 0. The van der Waals surface area contributed by atoms with Crippen molar-refractivity contribution in [1.29, 1.82) is 0 Å². The van der Waals surface area contributed by atoms with Gasteiger partial charge < -0.3 is 19.7 Å². The first-order valence-corrected chi connectivity index (χ1v) is 10.3. The Morgan fingerprint density at radius 1 is 1.24 bits per heavy atom. The van der Waals surface area contributed by atoms with Crippen LogP contribution < -0.4 is 5.32 Å². The molecule has 1 unspecified atom stereocenters. The fourth-order valence-corrected chi connectivity index (χ4v) is 3.75. The molecule has 8 heteroatoms. The number of hydrogen-bond acceptors (Lipinski definition) is 7. The number of carbonyl (C=O) groups excluding carboxylic acids is 1. The van der Waals surface area contributed by atoms with E-state index in [0.29, 0.717) is 11.8 Å². The number of nitrogens with zero attached hydrogens (tertiary/aromatic N) is 4. The Bertz CT molecular complexity index is 882. The Hall–Kier alpha value is -2.45.